The SMILES string of the molecule is CC1CCCC(C)C1NC(=O)COc1ccc(N(C)S(=O)(=O)c2cccs2)cc1. The number of carbonyl (C=O) groups excluding carboxylic acids is 1. The highest BCUT2D eigenvalue weighted by molar-refractivity contribution is 7.94. The second-order valence-corrected chi connectivity index (χ2v) is 10.8. The largest absolute Gasteiger partial charge is 0.484 e. The van der Waals surface area contributed by atoms with Crippen LogP contribution in [0.3, 0.4) is 0 Å². The number of nitrogens with one attached hydrogen (secondary N) is 1. The number of hydrogen-bond acceptors (Lipinski definition) is 5. The first-order valence-corrected chi connectivity index (χ1v) is 12.2. The predicted molar refractivity (Wildman–Crippen MR) is 116 cm³/mol. The van der Waals surface area contributed by atoms with Crippen molar-refractivity contribution in [2.75, 3.05) is 18.0 Å². The quantitative estimate of drug-likeness (QED) is 0.714. The van der Waals surface area contributed by atoms with Crippen LogP contribution in [0.25, 0.3) is 0 Å². The third-order valence-corrected chi connectivity index (χ3v) is 8.71. The van der Waals surface area contributed by atoms with Crippen LogP contribution in [0.4, 0.5) is 5.69 Å². The van der Waals surface area contributed by atoms with Crippen LogP contribution in [0, 0.1) is 11.8 Å². The lowest BCUT2D eigenvalue weighted by Crippen LogP contribution is -2.47. The van der Waals surface area contributed by atoms with Crippen LogP contribution in [-0.4, -0.2) is 34.0 Å². The van der Waals surface area contributed by atoms with E-state index in [0.717, 1.165) is 12.8 Å². The fraction of sp³-hybridized carbons (Fsp3) is 0.476. The van der Waals surface area contributed by atoms with Crippen molar-refractivity contribution in [2.45, 2.75) is 43.4 Å². The van der Waals surface area contributed by atoms with Gasteiger partial charge in [0.1, 0.15) is 9.96 Å². The van der Waals surface area contributed by atoms with Crippen LogP contribution in [0.15, 0.2) is 46.0 Å². The van der Waals surface area contributed by atoms with Crippen LogP contribution < -0.4 is 14.4 Å². The number of sulfonamides is 1. The topological polar surface area (TPSA) is 75.7 Å². The van der Waals surface area contributed by atoms with E-state index in [4.69, 9.17) is 4.74 Å². The van der Waals surface area contributed by atoms with Crippen molar-refractivity contribution in [1.82, 2.24) is 5.32 Å². The molecule has 1 saturated carbocycles. The minimum atomic E-state index is -3.57. The first-order chi connectivity index (χ1) is 13.8. The number of benzene rings is 1. The fourth-order valence-corrected chi connectivity index (χ4v) is 6.14. The van der Waals surface area contributed by atoms with Crippen LogP contribution >= 0.6 is 11.3 Å². The number of anilines is 1. The molecule has 2 atom stereocenters. The molecule has 0 aliphatic heterocycles. The van der Waals surface area contributed by atoms with Gasteiger partial charge >= 0.3 is 0 Å². The van der Waals surface area contributed by atoms with Crippen LogP contribution in [0.1, 0.15) is 33.1 Å². The summed E-state index contributed by atoms with van der Waals surface area (Å²) in [5.74, 6) is 1.35. The summed E-state index contributed by atoms with van der Waals surface area (Å²) in [5, 5.41) is 4.84. The molecule has 8 heteroatoms. The van der Waals surface area contributed by atoms with Crippen molar-refractivity contribution in [3.63, 3.8) is 0 Å². The molecule has 1 aromatic heterocycles. The maximum atomic E-state index is 12.6. The van der Waals surface area contributed by atoms with E-state index in [1.165, 1.54) is 29.1 Å². The molecule has 158 valence electrons. The van der Waals surface area contributed by atoms with Gasteiger partial charge in [-0.2, -0.15) is 0 Å². The van der Waals surface area contributed by atoms with Crippen molar-refractivity contribution >= 4 is 33.0 Å². The molecule has 1 heterocycles. The van der Waals surface area contributed by atoms with E-state index in [1.54, 1.807) is 41.8 Å². The lowest BCUT2D eigenvalue weighted by molar-refractivity contribution is -0.124. The van der Waals surface area contributed by atoms with Gasteiger partial charge in [0.15, 0.2) is 6.61 Å². The van der Waals surface area contributed by atoms with Crippen LogP contribution in [0.5, 0.6) is 5.75 Å². The summed E-state index contributed by atoms with van der Waals surface area (Å²) in [6.45, 7) is 4.31. The summed E-state index contributed by atoms with van der Waals surface area (Å²) in [6, 6.07) is 10.2. The molecule has 1 aromatic carbocycles. The fourth-order valence-electron chi connectivity index (χ4n) is 3.78. The van der Waals surface area contributed by atoms with Crippen molar-refractivity contribution in [3.05, 3.63) is 41.8 Å². The van der Waals surface area contributed by atoms with Gasteiger partial charge < -0.3 is 10.1 Å². The number of nitrogens with zero attached hydrogens (tertiary/aromatic N) is 1. The average Bonchev–Trinajstić information content (AvgIpc) is 3.25. The average molecular weight is 437 g/mol. The molecule has 1 fully saturated rings. The zero-order valence-corrected chi connectivity index (χ0v) is 18.6. The Hall–Kier alpha value is -2.06. The Bertz CT molecular complexity index is 901. The molecule has 3 rings (SSSR count). The van der Waals surface area contributed by atoms with Crippen LogP contribution in [-0.2, 0) is 14.8 Å². The molecule has 1 aliphatic rings. The Morgan fingerprint density at radius 3 is 2.41 bits per heavy atom. The van der Waals surface area contributed by atoms with Gasteiger partial charge in [-0.3, -0.25) is 9.10 Å². The van der Waals surface area contributed by atoms with Crippen molar-refractivity contribution < 1.29 is 17.9 Å². The van der Waals surface area contributed by atoms with Gasteiger partial charge in [0.2, 0.25) is 0 Å². The van der Waals surface area contributed by atoms with E-state index in [9.17, 15) is 13.2 Å². The van der Waals surface area contributed by atoms with Gasteiger partial charge in [0, 0.05) is 13.1 Å². The summed E-state index contributed by atoms with van der Waals surface area (Å²) in [7, 11) is -2.05. The molecule has 0 bridgehead atoms. The van der Waals surface area contributed by atoms with E-state index < -0.39 is 10.0 Å². The number of amides is 1. The highest BCUT2D eigenvalue weighted by Gasteiger charge is 2.29. The molecule has 1 aliphatic carbocycles. The zero-order chi connectivity index (χ0) is 21.0. The Kier molecular flexibility index (Phi) is 6.85. The van der Waals surface area contributed by atoms with Gasteiger partial charge in [-0.25, -0.2) is 8.42 Å². The van der Waals surface area contributed by atoms with Crippen LogP contribution in [0.2, 0.25) is 0 Å². The summed E-state index contributed by atoms with van der Waals surface area (Å²) in [4.78, 5) is 12.3. The smallest absolute Gasteiger partial charge is 0.273 e. The van der Waals surface area contributed by atoms with E-state index in [0.29, 0.717) is 27.5 Å². The minimum absolute atomic E-state index is 0.0569. The van der Waals surface area contributed by atoms with Gasteiger partial charge in [-0.15, -0.1) is 11.3 Å². The molecule has 6 nitrogen and oxygen atoms in total. The number of thiophene rings is 1. The molecule has 0 spiro atoms. The summed E-state index contributed by atoms with van der Waals surface area (Å²) >= 11 is 1.18. The minimum Gasteiger partial charge on any atom is -0.484 e. The van der Waals surface area contributed by atoms with E-state index in [1.807, 2.05) is 0 Å². The molecule has 29 heavy (non-hydrogen) atoms. The van der Waals surface area contributed by atoms with Crippen molar-refractivity contribution in [3.8, 4) is 5.75 Å². The second-order valence-electron chi connectivity index (χ2n) is 7.67. The normalized spacial score (nSPS) is 22.1. The lowest BCUT2D eigenvalue weighted by Gasteiger charge is -2.35. The molecule has 0 saturated heterocycles. The Morgan fingerprint density at radius 1 is 1.17 bits per heavy atom. The number of hydrogen-bond donors (Lipinski definition) is 1. The number of ether oxygens (including phenoxy) is 1. The summed E-state index contributed by atoms with van der Waals surface area (Å²) in [5.41, 5.74) is 0.528. The van der Waals surface area contributed by atoms with E-state index in [-0.39, 0.29) is 18.6 Å². The molecule has 0 radical (unpaired) electrons. The Labute approximate surface area is 176 Å². The Morgan fingerprint density at radius 2 is 1.83 bits per heavy atom. The second kappa shape index (κ2) is 9.17. The highest BCUT2D eigenvalue weighted by Crippen LogP contribution is 2.29. The number of carbonyl (C=O) groups is 1. The first-order valence-electron chi connectivity index (χ1n) is 9.83. The highest BCUT2D eigenvalue weighted by atomic mass is 32.2. The summed E-state index contributed by atoms with van der Waals surface area (Å²) < 4.78 is 32.3. The molecule has 1 N–H and O–H groups in total. The van der Waals surface area contributed by atoms with Crippen molar-refractivity contribution in [2.24, 2.45) is 11.8 Å². The van der Waals surface area contributed by atoms with E-state index >= 15 is 0 Å². The van der Waals surface area contributed by atoms with Gasteiger partial charge in [-0.1, -0.05) is 26.3 Å². The van der Waals surface area contributed by atoms with Gasteiger partial charge in [0.25, 0.3) is 15.9 Å². The Balaban J connectivity index is 1.56. The van der Waals surface area contributed by atoms with E-state index in [2.05, 4.69) is 19.2 Å². The van der Waals surface area contributed by atoms with Gasteiger partial charge in [-0.05, 0) is 60.4 Å². The zero-order valence-electron chi connectivity index (χ0n) is 17.0. The third-order valence-electron chi connectivity index (χ3n) is 5.55. The maximum Gasteiger partial charge on any atom is 0.273 e. The molecule has 2 aromatic rings. The lowest BCUT2D eigenvalue weighted by atomic mass is 9.79. The molecular weight excluding hydrogens is 408 g/mol. The van der Waals surface area contributed by atoms with Gasteiger partial charge in [0.05, 0.1) is 5.69 Å². The molecule has 1 amide bonds. The first kappa shape index (κ1) is 21.6. The molecular formula is C21H28N2O4S2. The summed E-state index contributed by atoms with van der Waals surface area (Å²) in [6.07, 6.45) is 3.49. The number of rotatable bonds is 7. The third kappa shape index (κ3) is 5.11. The maximum absolute atomic E-state index is 12.6. The van der Waals surface area contributed by atoms with Crippen molar-refractivity contribution in [1.29, 1.82) is 0 Å². The predicted octanol–water partition coefficient (Wildman–Crippen LogP) is 3.89. The standard InChI is InChI=1S/C21H28N2O4S2/c1-15-6-4-7-16(2)21(15)22-19(24)14-27-18-11-9-17(10-12-18)23(3)29(25,26)20-8-5-13-28-20/h5,8-13,15-16,21H,4,6-7,14H2,1-3H3,(H,22,24). The monoisotopic (exact) mass is 436 g/mol. The molecule has 2 unspecified atom stereocenters.